The highest BCUT2D eigenvalue weighted by Crippen LogP contribution is 2.24. The van der Waals surface area contributed by atoms with Gasteiger partial charge in [-0.2, -0.15) is 0 Å². The van der Waals surface area contributed by atoms with Crippen molar-refractivity contribution in [1.82, 2.24) is 4.90 Å². The van der Waals surface area contributed by atoms with Crippen molar-refractivity contribution in [3.63, 3.8) is 0 Å². The van der Waals surface area contributed by atoms with Crippen LogP contribution >= 0.6 is 0 Å². The van der Waals surface area contributed by atoms with E-state index >= 15 is 0 Å². The number of aromatic hydroxyl groups is 1. The van der Waals surface area contributed by atoms with Crippen molar-refractivity contribution in [2.45, 2.75) is 13.3 Å². The fourth-order valence-corrected chi connectivity index (χ4v) is 1.45. The lowest BCUT2D eigenvalue weighted by Crippen LogP contribution is -2.33. The van der Waals surface area contributed by atoms with Gasteiger partial charge in [0.05, 0.1) is 13.0 Å². The standard InChI is InChI=1S/C14H19NO5/c1-3-19-14(18)8-9-15(2)13(17)10-20-12-7-5-4-6-11(12)16/h4-7,16H,3,8-10H2,1-2H3. The first-order valence-corrected chi connectivity index (χ1v) is 6.35. The second kappa shape index (κ2) is 8.04. The van der Waals surface area contributed by atoms with E-state index in [4.69, 9.17) is 9.47 Å². The summed E-state index contributed by atoms with van der Waals surface area (Å²) in [5.41, 5.74) is 0. The van der Waals surface area contributed by atoms with Gasteiger partial charge in [-0.1, -0.05) is 12.1 Å². The van der Waals surface area contributed by atoms with Crippen molar-refractivity contribution >= 4 is 11.9 Å². The molecule has 110 valence electrons. The molecule has 1 amide bonds. The number of carbonyl (C=O) groups is 2. The van der Waals surface area contributed by atoms with E-state index < -0.39 is 0 Å². The smallest absolute Gasteiger partial charge is 0.307 e. The minimum atomic E-state index is -0.339. The molecule has 6 heteroatoms. The molecule has 0 aliphatic rings. The van der Waals surface area contributed by atoms with E-state index in [-0.39, 0.29) is 42.9 Å². The van der Waals surface area contributed by atoms with Gasteiger partial charge in [-0.25, -0.2) is 0 Å². The lowest BCUT2D eigenvalue weighted by atomic mass is 10.3. The van der Waals surface area contributed by atoms with Crippen molar-refractivity contribution in [3.8, 4) is 11.5 Å². The van der Waals surface area contributed by atoms with Gasteiger partial charge < -0.3 is 19.5 Å². The minimum absolute atomic E-state index is 0.0190. The molecular formula is C14H19NO5. The van der Waals surface area contributed by atoms with E-state index in [1.165, 1.54) is 11.0 Å². The summed E-state index contributed by atoms with van der Waals surface area (Å²) in [7, 11) is 1.58. The highest BCUT2D eigenvalue weighted by Gasteiger charge is 2.12. The first kappa shape index (κ1) is 15.8. The van der Waals surface area contributed by atoms with Crippen molar-refractivity contribution in [2.75, 3.05) is 26.8 Å². The van der Waals surface area contributed by atoms with Crippen LogP contribution in [0.25, 0.3) is 0 Å². The number of para-hydroxylation sites is 2. The molecule has 0 saturated carbocycles. The Bertz CT molecular complexity index is 461. The second-order valence-corrected chi connectivity index (χ2v) is 4.13. The number of benzene rings is 1. The molecule has 0 aromatic heterocycles. The molecule has 1 aromatic carbocycles. The summed E-state index contributed by atoms with van der Waals surface area (Å²) in [6.45, 7) is 2.12. The van der Waals surface area contributed by atoms with E-state index in [0.717, 1.165) is 0 Å². The Morgan fingerprint density at radius 1 is 1.30 bits per heavy atom. The van der Waals surface area contributed by atoms with Crippen LogP contribution in [-0.2, 0) is 14.3 Å². The van der Waals surface area contributed by atoms with Gasteiger partial charge in [0.2, 0.25) is 0 Å². The number of nitrogens with zero attached hydrogens (tertiary/aromatic N) is 1. The number of amides is 1. The maximum Gasteiger partial charge on any atom is 0.307 e. The molecule has 0 aliphatic heterocycles. The Labute approximate surface area is 117 Å². The monoisotopic (exact) mass is 281 g/mol. The zero-order valence-electron chi connectivity index (χ0n) is 11.7. The van der Waals surface area contributed by atoms with Gasteiger partial charge in [-0.05, 0) is 19.1 Å². The summed E-state index contributed by atoms with van der Waals surface area (Å²) in [6, 6.07) is 6.41. The predicted molar refractivity (Wildman–Crippen MR) is 72.5 cm³/mol. The lowest BCUT2D eigenvalue weighted by Gasteiger charge is -2.17. The summed E-state index contributed by atoms with van der Waals surface area (Å²) >= 11 is 0. The predicted octanol–water partition coefficient (Wildman–Crippen LogP) is 1.18. The van der Waals surface area contributed by atoms with Crippen LogP contribution in [0.4, 0.5) is 0 Å². The largest absolute Gasteiger partial charge is 0.504 e. The maximum atomic E-state index is 11.8. The van der Waals surface area contributed by atoms with Gasteiger partial charge in [0.25, 0.3) is 5.91 Å². The SMILES string of the molecule is CCOC(=O)CCN(C)C(=O)COc1ccccc1O. The summed E-state index contributed by atoms with van der Waals surface area (Å²) in [5.74, 6) is -0.388. The number of likely N-dealkylation sites (N-methyl/N-ethyl adjacent to an activating group) is 1. The normalized spacial score (nSPS) is 9.90. The molecule has 0 bridgehead atoms. The van der Waals surface area contributed by atoms with Gasteiger partial charge in [0.1, 0.15) is 0 Å². The van der Waals surface area contributed by atoms with Gasteiger partial charge in [0.15, 0.2) is 18.1 Å². The number of carbonyl (C=O) groups excluding carboxylic acids is 2. The highest BCUT2D eigenvalue weighted by atomic mass is 16.5. The molecule has 0 aliphatic carbocycles. The average molecular weight is 281 g/mol. The summed E-state index contributed by atoms with van der Waals surface area (Å²) < 4.78 is 9.99. The second-order valence-electron chi connectivity index (χ2n) is 4.13. The van der Waals surface area contributed by atoms with Gasteiger partial charge >= 0.3 is 5.97 Å². The number of hydrogen-bond acceptors (Lipinski definition) is 5. The first-order valence-electron chi connectivity index (χ1n) is 6.35. The van der Waals surface area contributed by atoms with Gasteiger partial charge in [-0.3, -0.25) is 9.59 Å². The van der Waals surface area contributed by atoms with Gasteiger partial charge in [0, 0.05) is 13.6 Å². The summed E-state index contributed by atoms with van der Waals surface area (Å²) in [6.07, 6.45) is 0.146. The molecule has 0 atom stereocenters. The quantitative estimate of drug-likeness (QED) is 0.760. The van der Waals surface area contributed by atoms with Crippen molar-refractivity contribution in [3.05, 3.63) is 24.3 Å². The van der Waals surface area contributed by atoms with Crippen LogP contribution in [-0.4, -0.2) is 48.7 Å². The number of hydrogen-bond donors (Lipinski definition) is 1. The van der Waals surface area contributed by atoms with E-state index in [9.17, 15) is 14.7 Å². The van der Waals surface area contributed by atoms with Crippen LogP contribution in [0.15, 0.2) is 24.3 Å². The van der Waals surface area contributed by atoms with E-state index in [2.05, 4.69) is 0 Å². The van der Waals surface area contributed by atoms with Crippen molar-refractivity contribution in [1.29, 1.82) is 0 Å². The molecule has 0 radical (unpaired) electrons. The lowest BCUT2D eigenvalue weighted by molar-refractivity contribution is -0.144. The van der Waals surface area contributed by atoms with Crippen LogP contribution in [0.2, 0.25) is 0 Å². The van der Waals surface area contributed by atoms with Crippen LogP contribution in [0.1, 0.15) is 13.3 Å². The van der Waals surface area contributed by atoms with Gasteiger partial charge in [-0.15, -0.1) is 0 Å². The first-order chi connectivity index (χ1) is 9.54. The number of phenols is 1. The van der Waals surface area contributed by atoms with Crippen LogP contribution in [0, 0.1) is 0 Å². The molecule has 1 rings (SSSR count). The Hall–Kier alpha value is -2.24. The molecule has 0 fully saturated rings. The maximum absolute atomic E-state index is 11.8. The molecule has 0 unspecified atom stereocenters. The minimum Gasteiger partial charge on any atom is -0.504 e. The van der Waals surface area contributed by atoms with Crippen LogP contribution < -0.4 is 4.74 Å². The number of phenolic OH excluding ortho intramolecular Hbond substituents is 1. The molecule has 20 heavy (non-hydrogen) atoms. The van der Waals surface area contributed by atoms with E-state index in [0.29, 0.717) is 6.61 Å². The summed E-state index contributed by atoms with van der Waals surface area (Å²) in [4.78, 5) is 24.3. The van der Waals surface area contributed by atoms with E-state index in [1.54, 1.807) is 32.2 Å². The molecule has 0 saturated heterocycles. The Balaban J connectivity index is 2.35. The Morgan fingerprint density at radius 3 is 2.65 bits per heavy atom. The zero-order chi connectivity index (χ0) is 15.0. The topological polar surface area (TPSA) is 76.1 Å². The number of rotatable bonds is 7. The number of esters is 1. The molecule has 1 N–H and O–H groups in total. The van der Waals surface area contributed by atoms with Crippen molar-refractivity contribution < 1.29 is 24.2 Å². The third kappa shape index (κ3) is 5.17. The Morgan fingerprint density at radius 2 is 2.00 bits per heavy atom. The zero-order valence-corrected chi connectivity index (χ0v) is 11.7. The highest BCUT2D eigenvalue weighted by molar-refractivity contribution is 5.78. The van der Waals surface area contributed by atoms with Crippen molar-refractivity contribution in [2.24, 2.45) is 0 Å². The molecule has 1 aromatic rings. The summed E-state index contributed by atoms with van der Waals surface area (Å²) in [5, 5.41) is 9.49. The third-order valence-electron chi connectivity index (χ3n) is 2.60. The number of ether oxygens (including phenoxy) is 2. The van der Waals surface area contributed by atoms with Crippen LogP contribution in [0.5, 0.6) is 11.5 Å². The fourth-order valence-electron chi connectivity index (χ4n) is 1.45. The molecule has 0 heterocycles. The van der Waals surface area contributed by atoms with Crippen LogP contribution in [0.3, 0.4) is 0 Å². The van der Waals surface area contributed by atoms with E-state index in [1.807, 2.05) is 0 Å². The molecule has 6 nitrogen and oxygen atoms in total. The third-order valence-corrected chi connectivity index (χ3v) is 2.60. The molecule has 0 spiro atoms. The molecular weight excluding hydrogens is 262 g/mol. The Kier molecular flexibility index (Phi) is 6.36. The fraction of sp³-hybridized carbons (Fsp3) is 0.429. The average Bonchev–Trinajstić information content (AvgIpc) is 2.44.